The van der Waals surface area contributed by atoms with Crippen molar-refractivity contribution in [3.05, 3.63) is 65.9 Å². The summed E-state index contributed by atoms with van der Waals surface area (Å²) in [6, 6.07) is 16.2. The Morgan fingerprint density at radius 1 is 1.14 bits per heavy atom. The van der Waals surface area contributed by atoms with E-state index in [-0.39, 0.29) is 0 Å². The van der Waals surface area contributed by atoms with Gasteiger partial charge in [0, 0.05) is 23.8 Å². The SMILES string of the molecule is COc1ccc(Cn2ccc3ccc(C(N)=S)cc32)cc1. The second-order valence-electron chi connectivity index (χ2n) is 4.93. The predicted octanol–water partition coefficient (Wildman–Crippen LogP) is 3.33. The van der Waals surface area contributed by atoms with Gasteiger partial charge in [0.05, 0.1) is 7.11 Å². The Kier molecular flexibility index (Phi) is 3.62. The monoisotopic (exact) mass is 296 g/mol. The first kappa shape index (κ1) is 13.6. The van der Waals surface area contributed by atoms with Crippen LogP contribution in [-0.2, 0) is 6.54 Å². The van der Waals surface area contributed by atoms with Gasteiger partial charge >= 0.3 is 0 Å². The van der Waals surface area contributed by atoms with Gasteiger partial charge in [-0.05, 0) is 35.2 Å². The van der Waals surface area contributed by atoms with Crippen LogP contribution in [-0.4, -0.2) is 16.7 Å². The van der Waals surface area contributed by atoms with E-state index in [1.165, 1.54) is 10.9 Å². The van der Waals surface area contributed by atoms with Crippen molar-refractivity contribution in [1.29, 1.82) is 0 Å². The normalized spacial score (nSPS) is 10.7. The largest absolute Gasteiger partial charge is 0.497 e. The van der Waals surface area contributed by atoms with Crippen molar-refractivity contribution in [3.8, 4) is 5.75 Å². The van der Waals surface area contributed by atoms with Crippen LogP contribution < -0.4 is 10.5 Å². The maximum Gasteiger partial charge on any atom is 0.118 e. The van der Waals surface area contributed by atoms with Crippen LogP contribution in [0.5, 0.6) is 5.75 Å². The van der Waals surface area contributed by atoms with E-state index in [4.69, 9.17) is 22.7 Å². The Labute approximate surface area is 128 Å². The van der Waals surface area contributed by atoms with Gasteiger partial charge in [0.2, 0.25) is 0 Å². The minimum absolute atomic E-state index is 0.425. The number of ether oxygens (including phenoxy) is 1. The molecular formula is C17H16N2OS. The lowest BCUT2D eigenvalue weighted by Crippen LogP contribution is -2.09. The summed E-state index contributed by atoms with van der Waals surface area (Å²) in [5.41, 5.74) is 8.96. The Morgan fingerprint density at radius 2 is 1.90 bits per heavy atom. The summed E-state index contributed by atoms with van der Waals surface area (Å²) in [5, 5.41) is 1.18. The summed E-state index contributed by atoms with van der Waals surface area (Å²) in [6.45, 7) is 0.800. The van der Waals surface area contributed by atoms with Crippen molar-refractivity contribution in [3.63, 3.8) is 0 Å². The van der Waals surface area contributed by atoms with Crippen LogP contribution in [0.15, 0.2) is 54.7 Å². The standard InChI is InChI=1S/C17H16N2OS/c1-20-15-6-2-12(3-7-15)11-19-9-8-13-4-5-14(17(18)21)10-16(13)19/h2-10H,11H2,1H3,(H2,18,21). The van der Waals surface area contributed by atoms with E-state index >= 15 is 0 Å². The average Bonchev–Trinajstić information content (AvgIpc) is 2.90. The van der Waals surface area contributed by atoms with E-state index in [1.807, 2.05) is 30.3 Å². The maximum atomic E-state index is 5.72. The maximum absolute atomic E-state index is 5.72. The molecule has 0 spiro atoms. The summed E-state index contributed by atoms with van der Waals surface area (Å²) in [7, 11) is 1.67. The highest BCUT2D eigenvalue weighted by molar-refractivity contribution is 7.80. The minimum Gasteiger partial charge on any atom is -0.497 e. The molecule has 3 aromatic rings. The number of fused-ring (bicyclic) bond motifs is 1. The lowest BCUT2D eigenvalue weighted by molar-refractivity contribution is 0.414. The highest BCUT2D eigenvalue weighted by Gasteiger charge is 2.05. The smallest absolute Gasteiger partial charge is 0.118 e. The Balaban J connectivity index is 1.95. The second-order valence-corrected chi connectivity index (χ2v) is 5.37. The Morgan fingerprint density at radius 3 is 2.57 bits per heavy atom. The van der Waals surface area contributed by atoms with Gasteiger partial charge in [-0.3, -0.25) is 0 Å². The summed E-state index contributed by atoms with van der Waals surface area (Å²) in [6.07, 6.45) is 2.08. The lowest BCUT2D eigenvalue weighted by Gasteiger charge is -2.08. The highest BCUT2D eigenvalue weighted by atomic mass is 32.1. The molecule has 0 saturated carbocycles. The number of aromatic nitrogens is 1. The van der Waals surface area contributed by atoms with Gasteiger partial charge < -0.3 is 15.0 Å². The molecule has 0 radical (unpaired) electrons. The molecule has 0 unspecified atom stereocenters. The molecule has 21 heavy (non-hydrogen) atoms. The fourth-order valence-corrected chi connectivity index (χ4v) is 2.53. The van der Waals surface area contributed by atoms with Crippen molar-refractivity contribution >= 4 is 28.1 Å². The van der Waals surface area contributed by atoms with Gasteiger partial charge in [0.25, 0.3) is 0 Å². The van der Waals surface area contributed by atoms with E-state index in [2.05, 4.69) is 29.0 Å². The summed E-state index contributed by atoms with van der Waals surface area (Å²) in [5.74, 6) is 0.867. The van der Waals surface area contributed by atoms with Crippen molar-refractivity contribution in [2.45, 2.75) is 6.54 Å². The average molecular weight is 296 g/mol. The van der Waals surface area contributed by atoms with Crippen LogP contribution in [0, 0.1) is 0 Å². The molecular weight excluding hydrogens is 280 g/mol. The van der Waals surface area contributed by atoms with Gasteiger partial charge in [-0.25, -0.2) is 0 Å². The number of benzene rings is 2. The third-order valence-corrected chi connectivity index (χ3v) is 3.81. The number of methoxy groups -OCH3 is 1. The van der Waals surface area contributed by atoms with Gasteiger partial charge in [0.1, 0.15) is 10.7 Å². The molecule has 106 valence electrons. The van der Waals surface area contributed by atoms with Crippen molar-refractivity contribution in [2.75, 3.05) is 7.11 Å². The van der Waals surface area contributed by atoms with E-state index in [1.54, 1.807) is 7.11 Å². The fraction of sp³-hybridized carbons (Fsp3) is 0.118. The molecule has 0 bridgehead atoms. The molecule has 1 heterocycles. The van der Waals surface area contributed by atoms with Crippen molar-refractivity contribution in [1.82, 2.24) is 4.57 Å². The van der Waals surface area contributed by atoms with Crippen molar-refractivity contribution < 1.29 is 4.74 Å². The van der Waals surface area contributed by atoms with E-state index < -0.39 is 0 Å². The molecule has 2 aromatic carbocycles. The van der Waals surface area contributed by atoms with E-state index in [9.17, 15) is 0 Å². The first-order valence-corrected chi connectivity index (χ1v) is 7.10. The van der Waals surface area contributed by atoms with Gasteiger partial charge in [-0.2, -0.15) is 0 Å². The third kappa shape index (κ3) is 2.76. The van der Waals surface area contributed by atoms with Crippen molar-refractivity contribution in [2.24, 2.45) is 5.73 Å². The number of nitrogens with two attached hydrogens (primary N) is 1. The first-order valence-electron chi connectivity index (χ1n) is 6.69. The number of nitrogens with zero attached hydrogens (tertiary/aromatic N) is 1. The molecule has 4 heteroatoms. The molecule has 0 fully saturated rings. The number of thiocarbonyl (C=S) groups is 1. The van der Waals surface area contributed by atoms with Gasteiger partial charge in [0.15, 0.2) is 0 Å². The fourth-order valence-electron chi connectivity index (χ4n) is 2.40. The molecule has 0 saturated heterocycles. The highest BCUT2D eigenvalue weighted by Crippen LogP contribution is 2.20. The molecule has 0 aliphatic carbocycles. The Bertz CT molecular complexity index is 790. The molecule has 2 N–H and O–H groups in total. The minimum atomic E-state index is 0.425. The van der Waals surface area contributed by atoms with Crippen LogP contribution in [0.1, 0.15) is 11.1 Å². The summed E-state index contributed by atoms with van der Waals surface area (Å²) >= 11 is 5.05. The van der Waals surface area contributed by atoms with Crippen LogP contribution >= 0.6 is 12.2 Å². The van der Waals surface area contributed by atoms with Gasteiger partial charge in [-0.1, -0.05) is 36.5 Å². The summed E-state index contributed by atoms with van der Waals surface area (Å²) in [4.78, 5) is 0.425. The number of hydrogen-bond acceptors (Lipinski definition) is 2. The predicted molar refractivity (Wildman–Crippen MR) is 89.9 cm³/mol. The zero-order valence-electron chi connectivity index (χ0n) is 11.7. The van der Waals surface area contributed by atoms with E-state index in [0.717, 1.165) is 23.4 Å². The zero-order chi connectivity index (χ0) is 14.8. The quantitative estimate of drug-likeness (QED) is 0.751. The number of hydrogen-bond donors (Lipinski definition) is 1. The molecule has 1 aromatic heterocycles. The molecule has 0 aliphatic heterocycles. The molecule has 0 aliphatic rings. The Hall–Kier alpha value is -2.33. The van der Waals surface area contributed by atoms with Crippen LogP contribution in [0.25, 0.3) is 10.9 Å². The molecule has 0 atom stereocenters. The van der Waals surface area contributed by atoms with Crippen LogP contribution in [0.3, 0.4) is 0 Å². The van der Waals surface area contributed by atoms with Gasteiger partial charge in [-0.15, -0.1) is 0 Å². The van der Waals surface area contributed by atoms with Crippen LogP contribution in [0.2, 0.25) is 0 Å². The van der Waals surface area contributed by atoms with E-state index in [0.29, 0.717) is 4.99 Å². The summed E-state index contributed by atoms with van der Waals surface area (Å²) < 4.78 is 7.38. The van der Waals surface area contributed by atoms with Crippen LogP contribution in [0.4, 0.5) is 0 Å². The molecule has 3 rings (SSSR count). The topological polar surface area (TPSA) is 40.2 Å². The first-order chi connectivity index (χ1) is 10.2. The second kappa shape index (κ2) is 5.58. The molecule has 0 amide bonds. The lowest BCUT2D eigenvalue weighted by atomic mass is 10.1. The number of rotatable bonds is 4. The zero-order valence-corrected chi connectivity index (χ0v) is 12.6. The third-order valence-electron chi connectivity index (χ3n) is 3.57. The molecule has 3 nitrogen and oxygen atoms in total.